The second kappa shape index (κ2) is 40.6. The molecule has 19 heteroatoms. The molecule has 2 aliphatic heterocycles. The number of amides is 2. The largest absolute Gasteiger partial charge is 1.00 e. The number of pyridine rings is 2. The average molecular weight is 1140 g/mol. The number of benzene rings is 2. The van der Waals surface area contributed by atoms with Crippen LogP contribution in [0.3, 0.4) is 0 Å². The number of carbonyl (C=O) groups is 6. The number of aromatic nitrogens is 2. The Morgan fingerprint density at radius 1 is 0.630 bits per heavy atom. The van der Waals surface area contributed by atoms with Crippen molar-refractivity contribution in [3.63, 3.8) is 0 Å². The fraction of sp³-hybridized carbons (Fsp3) is 0.407. The van der Waals surface area contributed by atoms with Crippen molar-refractivity contribution in [1.82, 2.24) is 30.0 Å². The zero-order valence-corrected chi connectivity index (χ0v) is 47.4. The molecule has 2 amide bonds. The molecule has 0 saturated carbocycles. The van der Waals surface area contributed by atoms with Crippen LogP contribution in [0, 0.1) is 0 Å². The summed E-state index contributed by atoms with van der Waals surface area (Å²) in [4.78, 5) is 85.6. The van der Waals surface area contributed by atoms with E-state index >= 15 is 0 Å². The molecule has 2 aliphatic rings. The van der Waals surface area contributed by atoms with Gasteiger partial charge in [-0.2, -0.15) is 0 Å². The number of hydrogen-bond donors (Lipinski definition) is 1. The number of aldehydes is 1. The normalized spacial score (nSPS) is 12.2. The second-order valence-electron chi connectivity index (χ2n) is 15.5. The van der Waals surface area contributed by atoms with E-state index in [2.05, 4.69) is 92.7 Å². The average Bonchev–Trinajstić information content (AvgIpc) is 3.40. The van der Waals surface area contributed by atoms with Crippen LogP contribution in [0.2, 0.25) is 0 Å². The molecule has 4 heterocycles. The zero-order valence-electron chi connectivity index (χ0n) is 42.3. The van der Waals surface area contributed by atoms with E-state index in [0.29, 0.717) is 5.56 Å². The summed E-state index contributed by atoms with van der Waals surface area (Å²) in [5, 5.41) is 3.37. The van der Waals surface area contributed by atoms with Gasteiger partial charge in [0.1, 0.15) is 0 Å². The zero-order chi connectivity index (χ0) is 51.8. The first-order chi connectivity index (χ1) is 33.6. The molecule has 6 rings (SSSR count). The van der Waals surface area contributed by atoms with Gasteiger partial charge in [0, 0.05) is 117 Å². The van der Waals surface area contributed by atoms with Crippen molar-refractivity contribution in [3.8, 4) is 0 Å². The summed E-state index contributed by atoms with van der Waals surface area (Å²) >= 11 is 7.53. The molecule has 73 heavy (non-hydrogen) atoms. The molecule has 0 atom stereocenters. The van der Waals surface area contributed by atoms with Gasteiger partial charge in [0.2, 0.25) is 5.97 Å². The Bertz CT molecular complexity index is 2270. The van der Waals surface area contributed by atoms with Crippen LogP contribution in [0.1, 0.15) is 137 Å². The number of carbonyl (C=O) groups excluding carboxylic acids is 6. The van der Waals surface area contributed by atoms with E-state index in [9.17, 15) is 28.8 Å². The summed E-state index contributed by atoms with van der Waals surface area (Å²) in [7, 11) is 4.32. The third-order valence-electron chi connectivity index (χ3n) is 10.6. The minimum absolute atomic E-state index is 0. The number of rotatable bonds is 11. The Hall–Kier alpha value is -4.82. The Labute approximate surface area is 474 Å². The Morgan fingerprint density at radius 3 is 1.33 bits per heavy atom. The fourth-order valence-electron chi connectivity index (χ4n) is 6.77. The summed E-state index contributed by atoms with van der Waals surface area (Å²) < 4.78 is 5.97. The predicted molar refractivity (Wildman–Crippen MR) is 294 cm³/mol. The third-order valence-corrected chi connectivity index (χ3v) is 12.6. The molecule has 15 nitrogen and oxygen atoms in total. The SMILES string of the molecule is C.C.CC(=O)OOC(C)=O.CCN(CC)C(=O)c1ccc(C(Br)=C2CCN(Cc3cccnc3)CC2)cc1.CCN(CC)C(=O)c1ccc(C(Br)=C2CCNCC2)cc1.O=Cc1cccnc1.[B-]OC(C)=O.[Na+]. The van der Waals surface area contributed by atoms with Crippen LogP contribution in [0.15, 0.2) is 109 Å². The van der Waals surface area contributed by atoms with Crippen molar-refractivity contribution < 1.29 is 72.8 Å². The van der Waals surface area contributed by atoms with Crippen LogP contribution in [-0.4, -0.2) is 121 Å². The Balaban J connectivity index is 0. The number of halogens is 2. The molecule has 2 saturated heterocycles. The van der Waals surface area contributed by atoms with E-state index in [1.165, 1.54) is 38.8 Å². The van der Waals surface area contributed by atoms with E-state index in [0.717, 1.165) is 127 Å². The number of hydrogen-bond acceptors (Lipinski definition) is 13. The fourth-order valence-corrected chi connectivity index (χ4v) is 8.10. The van der Waals surface area contributed by atoms with Crippen LogP contribution in [0.5, 0.6) is 0 Å². The molecule has 0 bridgehead atoms. The molecule has 1 N–H and O–H groups in total. The summed E-state index contributed by atoms with van der Waals surface area (Å²) in [5.41, 5.74) is 8.61. The first-order valence-electron chi connectivity index (χ1n) is 23.1. The van der Waals surface area contributed by atoms with Crippen molar-refractivity contribution in [2.75, 3.05) is 52.4 Å². The van der Waals surface area contributed by atoms with Crippen LogP contribution in [0.25, 0.3) is 8.96 Å². The molecule has 3 radical (unpaired) electrons. The molecule has 4 aromatic rings. The van der Waals surface area contributed by atoms with Gasteiger partial charge in [-0.15, -0.1) is 0 Å². The minimum atomic E-state index is -0.639. The summed E-state index contributed by atoms with van der Waals surface area (Å²) in [6.07, 6.45) is 12.0. The maximum absolute atomic E-state index is 12.5. The summed E-state index contributed by atoms with van der Waals surface area (Å²) in [6.45, 7) is 19.7. The van der Waals surface area contributed by atoms with Crippen molar-refractivity contribution in [2.24, 2.45) is 0 Å². The maximum Gasteiger partial charge on any atom is 1.00 e. The smallest absolute Gasteiger partial charge is 0.793 e. The van der Waals surface area contributed by atoms with Gasteiger partial charge >= 0.3 is 41.5 Å². The van der Waals surface area contributed by atoms with Crippen LogP contribution in [0.4, 0.5) is 0 Å². The quantitative estimate of drug-likeness (QED) is 0.0679. The van der Waals surface area contributed by atoms with Crippen molar-refractivity contribution in [2.45, 2.75) is 95.5 Å². The first-order valence-corrected chi connectivity index (χ1v) is 24.7. The van der Waals surface area contributed by atoms with Crippen LogP contribution < -0.4 is 34.9 Å². The Morgan fingerprint density at radius 2 is 1.01 bits per heavy atom. The van der Waals surface area contributed by atoms with E-state index in [1.54, 1.807) is 18.3 Å². The molecule has 0 unspecified atom stereocenters. The summed E-state index contributed by atoms with van der Waals surface area (Å²) in [6, 6.07) is 23.5. The van der Waals surface area contributed by atoms with E-state index in [1.807, 2.05) is 92.4 Å². The Kier molecular flexibility index (Phi) is 39.0. The first kappa shape index (κ1) is 70.3. The number of piperidine rings is 2. The molecular formula is C54H73BBr2N6NaO9. The topological polar surface area (TPSA) is 178 Å². The van der Waals surface area contributed by atoms with Gasteiger partial charge < -0.3 is 27.8 Å². The summed E-state index contributed by atoms with van der Waals surface area (Å²) in [5.74, 6) is -1.54. The molecule has 0 aliphatic carbocycles. The van der Waals surface area contributed by atoms with Gasteiger partial charge in [-0.05, 0) is 126 Å². The standard InChI is InChI=1S/C23H28BrN3O.C17H23BrN2O.C6H5NO.C4H6O4.C2H3BO2.2CH4.Na/c1-3-27(4-2)23(28)21-9-7-19(8-10-21)22(24)20-11-14-26(15-12-20)17-18-6-5-13-25-16-18;1-3-20(4-2)17(21)15-7-5-13(6-8-15)16(18)14-9-11-19-12-10-14;8-5-6-2-1-3-7-4-6;1-3(5)7-8-4(2)6;1-2(4)5-3;;;/h5-10,13,16H,3-4,11-12,14-15,17H2,1-2H3;5-8,19H,3-4,9-12H2,1-2H3;1-5H;1-2H3;1H3;2*1H4;/q;;;;-1;;;+1. The van der Waals surface area contributed by atoms with E-state index < -0.39 is 17.9 Å². The van der Waals surface area contributed by atoms with Crippen molar-refractivity contribution in [1.29, 1.82) is 0 Å². The monoisotopic (exact) mass is 1140 g/mol. The number of nitrogens with one attached hydrogen (secondary N) is 1. The third kappa shape index (κ3) is 27.3. The number of likely N-dealkylation sites (tertiary alicyclic amines) is 1. The van der Waals surface area contributed by atoms with Crippen LogP contribution in [-0.2, 0) is 35.4 Å². The van der Waals surface area contributed by atoms with Gasteiger partial charge in [0.25, 0.3) is 11.8 Å². The molecule has 2 aromatic heterocycles. The van der Waals surface area contributed by atoms with Crippen molar-refractivity contribution in [3.05, 3.63) is 142 Å². The van der Waals surface area contributed by atoms with Gasteiger partial charge in [0.05, 0.1) is 0 Å². The molecular weight excluding hydrogens is 1070 g/mol. The van der Waals surface area contributed by atoms with Gasteiger partial charge in [0.15, 0.2) is 6.29 Å². The van der Waals surface area contributed by atoms with Gasteiger partial charge in [-0.3, -0.25) is 34.0 Å². The van der Waals surface area contributed by atoms with Gasteiger partial charge in [-0.25, -0.2) is 19.4 Å². The molecule has 0 spiro atoms. The minimum Gasteiger partial charge on any atom is -0.793 e. The molecule has 391 valence electrons. The second-order valence-corrected chi connectivity index (χ2v) is 17.1. The molecule has 2 aromatic carbocycles. The van der Waals surface area contributed by atoms with Crippen molar-refractivity contribution >= 4 is 84.9 Å². The van der Waals surface area contributed by atoms with Crippen LogP contribution >= 0.6 is 31.9 Å². The van der Waals surface area contributed by atoms with E-state index in [-0.39, 0.29) is 56.2 Å². The van der Waals surface area contributed by atoms with E-state index in [4.69, 9.17) is 0 Å². The maximum atomic E-state index is 12.5. The predicted octanol–water partition coefficient (Wildman–Crippen LogP) is 7.45. The number of nitrogens with zero attached hydrogens (tertiary/aromatic N) is 5. The molecule has 2 fully saturated rings. The van der Waals surface area contributed by atoms with Gasteiger partial charge in [-0.1, -0.05) is 88.2 Å².